The third-order valence-electron chi connectivity index (χ3n) is 2.29. The zero-order valence-corrected chi connectivity index (χ0v) is 9.33. The summed E-state index contributed by atoms with van der Waals surface area (Å²) in [6.07, 6.45) is -3.55. The van der Waals surface area contributed by atoms with E-state index in [2.05, 4.69) is 10.1 Å². The quantitative estimate of drug-likeness (QED) is 0.635. The summed E-state index contributed by atoms with van der Waals surface area (Å²) >= 11 is 0. The number of nitro groups is 1. The van der Waals surface area contributed by atoms with Gasteiger partial charge in [0.15, 0.2) is 5.82 Å². The van der Waals surface area contributed by atoms with Gasteiger partial charge < -0.3 is 0 Å². The molecule has 9 heteroatoms. The molecule has 2 rings (SSSR count). The second kappa shape index (κ2) is 4.67. The summed E-state index contributed by atoms with van der Waals surface area (Å²) in [4.78, 5) is 13.8. The normalized spacial score (nSPS) is 11.5. The van der Waals surface area contributed by atoms with Gasteiger partial charge in [0.2, 0.25) is 0 Å². The number of benzene rings is 1. The van der Waals surface area contributed by atoms with Gasteiger partial charge in [-0.2, -0.15) is 18.3 Å². The average Bonchev–Trinajstić information content (AvgIpc) is 2.74. The fourth-order valence-electron chi connectivity index (χ4n) is 1.58. The topological polar surface area (TPSA) is 73.8 Å². The smallest absolute Gasteiger partial charge is 0.258 e. The van der Waals surface area contributed by atoms with Gasteiger partial charge in [0, 0.05) is 6.07 Å². The summed E-state index contributed by atoms with van der Waals surface area (Å²) < 4.78 is 37.6. The van der Waals surface area contributed by atoms with Crippen molar-refractivity contribution >= 4 is 5.69 Å². The predicted octanol–water partition coefficient (Wildman–Crippen LogP) is 2.42. The van der Waals surface area contributed by atoms with Crippen LogP contribution in [0.3, 0.4) is 0 Å². The molecule has 0 saturated heterocycles. The molecule has 0 spiro atoms. The predicted molar refractivity (Wildman–Crippen MR) is 58.2 cm³/mol. The molecule has 1 aromatic carbocycles. The van der Waals surface area contributed by atoms with Crippen LogP contribution in [0.25, 0.3) is 11.4 Å². The minimum absolute atomic E-state index is 0.00532. The molecule has 1 heterocycles. The molecule has 0 saturated carbocycles. The maximum atomic E-state index is 12.4. The number of hydrogen-bond donors (Lipinski definition) is 0. The Morgan fingerprint density at radius 1 is 1.32 bits per heavy atom. The number of nitro benzene ring substituents is 1. The van der Waals surface area contributed by atoms with Crippen molar-refractivity contribution in [3.63, 3.8) is 0 Å². The zero-order valence-electron chi connectivity index (χ0n) is 9.33. The second-order valence-electron chi connectivity index (χ2n) is 3.63. The van der Waals surface area contributed by atoms with Gasteiger partial charge in [-0.3, -0.25) is 10.1 Å². The van der Waals surface area contributed by atoms with Crippen molar-refractivity contribution in [1.29, 1.82) is 0 Å². The first-order chi connectivity index (χ1) is 8.88. The van der Waals surface area contributed by atoms with Gasteiger partial charge in [-0.1, -0.05) is 12.1 Å². The first kappa shape index (κ1) is 13.0. The van der Waals surface area contributed by atoms with Crippen LogP contribution >= 0.6 is 0 Å². The molecule has 0 atom stereocenters. The molecule has 1 aromatic heterocycles. The Bertz CT molecular complexity index is 609. The van der Waals surface area contributed by atoms with Crippen molar-refractivity contribution in [1.82, 2.24) is 14.8 Å². The standard InChI is InChI=1S/C10H7F3N4O2/c11-10(12,13)5-16-9(14-6-15-16)7-3-1-2-4-8(7)17(18)19/h1-4,6H,5H2. The SMILES string of the molecule is O=[N+]([O-])c1ccccc1-c1ncnn1CC(F)(F)F. The molecule has 0 amide bonds. The highest BCUT2D eigenvalue weighted by atomic mass is 19.4. The highest BCUT2D eigenvalue weighted by molar-refractivity contribution is 5.67. The number of halogens is 3. The van der Waals surface area contributed by atoms with Crippen molar-refractivity contribution in [2.45, 2.75) is 12.7 Å². The number of alkyl halides is 3. The van der Waals surface area contributed by atoms with Crippen LogP contribution in [0.2, 0.25) is 0 Å². The lowest BCUT2D eigenvalue weighted by Crippen LogP contribution is -2.19. The molecule has 0 aliphatic heterocycles. The van der Waals surface area contributed by atoms with Gasteiger partial charge >= 0.3 is 6.18 Å². The van der Waals surface area contributed by atoms with Gasteiger partial charge in [-0.25, -0.2) is 9.67 Å². The lowest BCUT2D eigenvalue weighted by molar-refractivity contribution is -0.384. The summed E-state index contributed by atoms with van der Waals surface area (Å²) in [5.74, 6) is -0.190. The number of aromatic nitrogens is 3. The van der Waals surface area contributed by atoms with Crippen LogP contribution < -0.4 is 0 Å². The van der Waals surface area contributed by atoms with E-state index in [1.807, 2.05) is 0 Å². The summed E-state index contributed by atoms with van der Waals surface area (Å²) in [6, 6.07) is 5.43. The Kier molecular flexibility index (Phi) is 3.19. The molecule has 100 valence electrons. The van der Waals surface area contributed by atoms with E-state index in [4.69, 9.17) is 0 Å². The lowest BCUT2D eigenvalue weighted by Gasteiger charge is -2.09. The van der Waals surface area contributed by atoms with Crippen LogP contribution in [-0.2, 0) is 6.54 Å². The number of hydrogen-bond acceptors (Lipinski definition) is 4. The number of para-hydroxylation sites is 1. The third-order valence-corrected chi connectivity index (χ3v) is 2.29. The van der Waals surface area contributed by atoms with E-state index < -0.39 is 17.6 Å². The molecule has 6 nitrogen and oxygen atoms in total. The van der Waals surface area contributed by atoms with Crippen molar-refractivity contribution in [3.05, 3.63) is 40.7 Å². The summed E-state index contributed by atoms with van der Waals surface area (Å²) in [5, 5.41) is 14.3. The van der Waals surface area contributed by atoms with Gasteiger partial charge in [0.1, 0.15) is 12.9 Å². The first-order valence-corrected chi connectivity index (χ1v) is 5.07. The van der Waals surface area contributed by atoms with Crippen molar-refractivity contribution < 1.29 is 18.1 Å². The molecule has 0 bridgehead atoms. The minimum Gasteiger partial charge on any atom is -0.258 e. The van der Waals surface area contributed by atoms with Gasteiger partial charge in [-0.15, -0.1) is 0 Å². The third kappa shape index (κ3) is 2.87. The van der Waals surface area contributed by atoms with E-state index in [-0.39, 0.29) is 17.1 Å². The first-order valence-electron chi connectivity index (χ1n) is 5.07. The van der Waals surface area contributed by atoms with E-state index >= 15 is 0 Å². The van der Waals surface area contributed by atoms with E-state index in [0.717, 1.165) is 6.33 Å². The molecular weight excluding hydrogens is 265 g/mol. The maximum Gasteiger partial charge on any atom is 0.408 e. The fraction of sp³-hybridized carbons (Fsp3) is 0.200. The van der Waals surface area contributed by atoms with Crippen molar-refractivity contribution in [2.75, 3.05) is 0 Å². The van der Waals surface area contributed by atoms with E-state index in [1.165, 1.54) is 24.3 Å². The summed E-state index contributed by atoms with van der Waals surface area (Å²) in [6.45, 7) is -1.35. The molecule has 2 aromatic rings. The summed E-state index contributed by atoms with van der Waals surface area (Å²) in [5.41, 5.74) is -0.326. The van der Waals surface area contributed by atoms with E-state index in [0.29, 0.717) is 4.68 Å². The van der Waals surface area contributed by atoms with Gasteiger partial charge in [0.05, 0.1) is 10.5 Å². The second-order valence-corrected chi connectivity index (χ2v) is 3.63. The van der Waals surface area contributed by atoms with Crippen LogP contribution in [0.4, 0.5) is 18.9 Å². The van der Waals surface area contributed by atoms with Crippen LogP contribution in [0.5, 0.6) is 0 Å². The molecule has 0 fully saturated rings. The minimum atomic E-state index is -4.48. The monoisotopic (exact) mass is 272 g/mol. The van der Waals surface area contributed by atoms with Crippen LogP contribution in [0.15, 0.2) is 30.6 Å². The fourth-order valence-corrected chi connectivity index (χ4v) is 1.58. The van der Waals surface area contributed by atoms with E-state index in [1.54, 1.807) is 0 Å². The van der Waals surface area contributed by atoms with Gasteiger partial charge in [-0.05, 0) is 6.07 Å². The Balaban J connectivity index is 2.49. The Morgan fingerprint density at radius 3 is 2.63 bits per heavy atom. The molecule has 0 aliphatic rings. The van der Waals surface area contributed by atoms with Gasteiger partial charge in [0.25, 0.3) is 5.69 Å². The average molecular weight is 272 g/mol. The van der Waals surface area contributed by atoms with E-state index in [9.17, 15) is 23.3 Å². The number of rotatable bonds is 3. The highest BCUT2D eigenvalue weighted by Crippen LogP contribution is 2.29. The Hall–Kier alpha value is -2.45. The largest absolute Gasteiger partial charge is 0.408 e. The van der Waals surface area contributed by atoms with Crippen LogP contribution in [0.1, 0.15) is 0 Å². The highest BCUT2D eigenvalue weighted by Gasteiger charge is 2.31. The molecule has 0 radical (unpaired) electrons. The lowest BCUT2D eigenvalue weighted by atomic mass is 10.1. The molecule has 0 unspecified atom stereocenters. The van der Waals surface area contributed by atoms with Crippen LogP contribution in [-0.4, -0.2) is 25.9 Å². The van der Waals surface area contributed by atoms with Crippen LogP contribution in [0, 0.1) is 10.1 Å². The van der Waals surface area contributed by atoms with Crippen molar-refractivity contribution in [2.24, 2.45) is 0 Å². The molecular formula is C10H7F3N4O2. The zero-order chi connectivity index (χ0) is 14.0. The summed E-state index contributed by atoms with van der Waals surface area (Å²) in [7, 11) is 0. The molecule has 0 N–H and O–H groups in total. The van der Waals surface area contributed by atoms with Crippen molar-refractivity contribution in [3.8, 4) is 11.4 Å². The molecule has 19 heavy (non-hydrogen) atoms. The Morgan fingerprint density at radius 2 is 2.00 bits per heavy atom. The maximum absolute atomic E-state index is 12.4. The molecule has 0 aliphatic carbocycles. The number of nitrogens with zero attached hydrogens (tertiary/aromatic N) is 4. The Labute approximate surface area is 104 Å².